The Morgan fingerprint density at radius 1 is 1.15 bits per heavy atom. The molecule has 7 nitrogen and oxygen atoms in total. The van der Waals surface area contributed by atoms with Crippen molar-refractivity contribution in [1.29, 1.82) is 0 Å². The summed E-state index contributed by atoms with van der Waals surface area (Å²) in [5.74, 6) is -1.27. The van der Waals surface area contributed by atoms with Crippen LogP contribution < -0.4 is 16.3 Å². The summed E-state index contributed by atoms with van der Waals surface area (Å²) in [4.78, 5) is 23.3. The highest BCUT2D eigenvalue weighted by atomic mass is 19.4. The van der Waals surface area contributed by atoms with Crippen molar-refractivity contribution in [3.63, 3.8) is 0 Å². The first-order valence-corrected chi connectivity index (χ1v) is 8.05. The van der Waals surface area contributed by atoms with Gasteiger partial charge in [0.15, 0.2) is 0 Å². The zero-order chi connectivity index (χ0) is 19.2. The lowest BCUT2D eigenvalue weighted by atomic mass is 10.1. The van der Waals surface area contributed by atoms with Crippen LogP contribution in [0.2, 0.25) is 0 Å². The van der Waals surface area contributed by atoms with Crippen molar-refractivity contribution in [2.45, 2.75) is 25.6 Å². The SMILES string of the molecule is Cn1c(C(F)(F)F)nn(CCNC(=O)NCCCc2ccccc2)c1=O. The van der Waals surface area contributed by atoms with Gasteiger partial charge < -0.3 is 10.6 Å². The molecule has 1 aromatic heterocycles. The summed E-state index contributed by atoms with van der Waals surface area (Å²) < 4.78 is 39.1. The topological polar surface area (TPSA) is 81.0 Å². The van der Waals surface area contributed by atoms with E-state index in [1.165, 1.54) is 5.56 Å². The number of amides is 2. The molecule has 0 unspecified atom stereocenters. The highest BCUT2D eigenvalue weighted by Gasteiger charge is 2.37. The van der Waals surface area contributed by atoms with Gasteiger partial charge in [0, 0.05) is 20.1 Å². The number of urea groups is 1. The quantitative estimate of drug-likeness (QED) is 0.725. The predicted molar refractivity (Wildman–Crippen MR) is 88.6 cm³/mol. The molecule has 0 saturated carbocycles. The monoisotopic (exact) mass is 371 g/mol. The number of nitrogens with one attached hydrogen (secondary N) is 2. The summed E-state index contributed by atoms with van der Waals surface area (Å²) in [5, 5.41) is 8.39. The van der Waals surface area contributed by atoms with E-state index in [0.717, 1.165) is 19.9 Å². The number of aromatic nitrogens is 3. The molecule has 0 aliphatic rings. The zero-order valence-electron chi connectivity index (χ0n) is 14.2. The first-order chi connectivity index (χ1) is 12.3. The van der Waals surface area contributed by atoms with E-state index >= 15 is 0 Å². The molecule has 1 aromatic carbocycles. The van der Waals surface area contributed by atoms with Crippen LogP contribution >= 0.6 is 0 Å². The lowest BCUT2D eigenvalue weighted by Crippen LogP contribution is -2.39. The fraction of sp³-hybridized carbons (Fsp3) is 0.438. The van der Waals surface area contributed by atoms with Gasteiger partial charge in [-0.3, -0.25) is 4.57 Å². The van der Waals surface area contributed by atoms with Crippen LogP contribution in [0.4, 0.5) is 18.0 Å². The summed E-state index contributed by atoms with van der Waals surface area (Å²) in [7, 11) is 1.00. The van der Waals surface area contributed by atoms with Gasteiger partial charge in [0.2, 0.25) is 5.82 Å². The maximum atomic E-state index is 12.7. The molecule has 0 spiro atoms. The number of halogens is 3. The van der Waals surface area contributed by atoms with Crippen molar-refractivity contribution in [2.75, 3.05) is 13.1 Å². The third-order valence-corrected chi connectivity index (χ3v) is 3.67. The molecule has 26 heavy (non-hydrogen) atoms. The third-order valence-electron chi connectivity index (χ3n) is 3.67. The minimum atomic E-state index is -4.71. The number of nitrogens with zero attached hydrogens (tertiary/aromatic N) is 3. The molecular formula is C16H20F3N5O2. The Hall–Kier alpha value is -2.78. The minimum absolute atomic E-state index is 0.0151. The molecule has 2 rings (SSSR count). The van der Waals surface area contributed by atoms with Crippen LogP contribution in [0.5, 0.6) is 0 Å². The summed E-state index contributed by atoms with van der Waals surface area (Å²) in [6.07, 6.45) is -3.13. The van der Waals surface area contributed by atoms with Crippen LogP contribution in [-0.2, 0) is 26.2 Å². The molecular weight excluding hydrogens is 351 g/mol. The highest BCUT2D eigenvalue weighted by Crippen LogP contribution is 2.25. The number of benzene rings is 1. The number of hydrogen-bond donors (Lipinski definition) is 2. The van der Waals surface area contributed by atoms with Gasteiger partial charge in [-0.15, -0.1) is 5.10 Å². The molecule has 0 fully saturated rings. The van der Waals surface area contributed by atoms with Crippen molar-refractivity contribution in [3.8, 4) is 0 Å². The fourth-order valence-electron chi connectivity index (χ4n) is 2.36. The van der Waals surface area contributed by atoms with E-state index in [2.05, 4.69) is 15.7 Å². The highest BCUT2D eigenvalue weighted by molar-refractivity contribution is 5.73. The van der Waals surface area contributed by atoms with E-state index in [4.69, 9.17) is 0 Å². The van der Waals surface area contributed by atoms with Gasteiger partial charge in [-0.2, -0.15) is 13.2 Å². The Morgan fingerprint density at radius 2 is 1.81 bits per heavy atom. The second-order valence-corrected chi connectivity index (χ2v) is 5.66. The number of alkyl halides is 3. The average Bonchev–Trinajstić information content (AvgIpc) is 2.88. The molecule has 0 radical (unpaired) electrons. The molecule has 0 aliphatic carbocycles. The van der Waals surface area contributed by atoms with Gasteiger partial charge in [0.1, 0.15) is 0 Å². The Labute approximate surface area is 147 Å². The maximum Gasteiger partial charge on any atom is 0.451 e. The van der Waals surface area contributed by atoms with Crippen molar-refractivity contribution in [1.82, 2.24) is 25.0 Å². The summed E-state index contributed by atoms with van der Waals surface area (Å²) in [6.45, 7) is 0.293. The van der Waals surface area contributed by atoms with Gasteiger partial charge in [0.05, 0.1) is 6.54 Å². The number of carbonyl (C=O) groups excluding carboxylic acids is 1. The first-order valence-electron chi connectivity index (χ1n) is 8.05. The maximum absolute atomic E-state index is 12.7. The smallest absolute Gasteiger partial charge is 0.338 e. The number of hydrogen-bond acceptors (Lipinski definition) is 3. The lowest BCUT2D eigenvalue weighted by molar-refractivity contribution is -0.147. The van der Waals surface area contributed by atoms with Crippen molar-refractivity contribution < 1.29 is 18.0 Å². The van der Waals surface area contributed by atoms with Gasteiger partial charge >= 0.3 is 17.9 Å². The second-order valence-electron chi connectivity index (χ2n) is 5.66. The van der Waals surface area contributed by atoms with Gasteiger partial charge in [-0.05, 0) is 18.4 Å². The normalized spacial score (nSPS) is 11.4. The average molecular weight is 371 g/mol. The summed E-state index contributed by atoms with van der Waals surface area (Å²) in [6, 6.07) is 9.37. The zero-order valence-corrected chi connectivity index (χ0v) is 14.2. The minimum Gasteiger partial charge on any atom is -0.338 e. The summed E-state index contributed by atoms with van der Waals surface area (Å²) in [5.41, 5.74) is 0.284. The van der Waals surface area contributed by atoms with Crippen molar-refractivity contribution in [3.05, 3.63) is 52.2 Å². The number of carbonyl (C=O) groups is 1. The molecule has 1 heterocycles. The van der Waals surface area contributed by atoms with Crippen LogP contribution in [0.1, 0.15) is 17.8 Å². The Bertz CT molecular complexity index is 783. The molecule has 142 valence electrons. The van der Waals surface area contributed by atoms with E-state index in [0.29, 0.717) is 15.8 Å². The van der Waals surface area contributed by atoms with E-state index in [1.54, 1.807) is 0 Å². The standard InChI is InChI=1S/C16H20F3N5O2/c1-23-13(16(17,18)19)22-24(15(23)26)11-10-21-14(25)20-9-5-8-12-6-3-2-4-7-12/h2-4,6-7H,5,8-11H2,1H3,(H2,20,21,25). The van der Waals surface area contributed by atoms with Crippen LogP contribution in [-0.4, -0.2) is 33.5 Å². The summed E-state index contributed by atoms with van der Waals surface area (Å²) >= 11 is 0. The molecule has 0 bridgehead atoms. The Morgan fingerprint density at radius 3 is 2.42 bits per heavy atom. The molecule has 2 amide bonds. The molecule has 10 heteroatoms. The van der Waals surface area contributed by atoms with Gasteiger partial charge in [0.25, 0.3) is 0 Å². The van der Waals surface area contributed by atoms with Crippen LogP contribution in [0.15, 0.2) is 35.1 Å². The van der Waals surface area contributed by atoms with E-state index in [1.807, 2.05) is 30.3 Å². The largest absolute Gasteiger partial charge is 0.451 e. The number of rotatable bonds is 7. The first kappa shape index (κ1) is 19.5. The van der Waals surface area contributed by atoms with Crippen molar-refractivity contribution >= 4 is 6.03 Å². The molecule has 0 aliphatic heterocycles. The van der Waals surface area contributed by atoms with Crippen LogP contribution in [0.3, 0.4) is 0 Å². The second kappa shape index (κ2) is 8.54. The molecule has 0 atom stereocenters. The van der Waals surface area contributed by atoms with E-state index in [-0.39, 0.29) is 13.1 Å². The number of aryl methyl sites for hydroxylation is 1. The molecule has 2 N–H and O–H groups in total. The lowest BCUT2D eigenvalue weighted by Gasteiger charge is -2.07. The van der Waals surface area contributed by atoms with E-state index in [9.17, 15) is 22.8 Å². The van der Waals surface area contributed by atoms with Crippen LogP contribution in [0.25, 0.3) is 0 Å². The van der Waals surface area contributed by atoms with E-state index < -0.39 is 23.7 Å². The third kappa shape index (κ3) is 5.36. The van der Waals surface area contributed by atoms with Crippen molar-refractivity contribution in [2.24, 2.45) is 7.05 Å². The fourth-order valence-corrected chi connectivity index (χ4v) is 2.36. The molecule has 2 aromatic rings. The Balaban J connectivity index is 1.71. The molecule has 0 saturated heterocycles. The van der Waals surface area contributed by atoms with Gasteiger partial charge in [-0.25, -0.2) is 14.3 Å². The van der Waals surface area contributed by atoms with Crippen LogP contribution in [0, 0.1) is 0 Å². The Kier molecular flexibility index (Phi) is 6.42. The predicted octanol–water partition coefficient (Wildman–Crippen LogP) is 1.53. The van der Waals surface area contributed by atoms with Gasteiger partial charge in [-0.1, -0.05) is 30.3 Å².